The van der Waals surface area contributed by atoms with Crippen LogP contribution in [0.5, 0.6) is 0 Å². The third kappa shape index (κ3) is 2.15. The molecule has 3 nitrogen and oxygen atoms in total. The van der Waals surface area contributed by atoms with E-state index in [1.54, 1.807) is 6.20 Å². The molecular formula is C8H12N2OS2. The van der Waals surface area contributed by atoms with Crippen LogP contribution in [0, 0.1) is 0 Å². The summed E-state index contributed by atoms with van der Waals surface area (Å²) in [5.74, 6) is 0. The van der Waals surface area contributed by atoms with Gasteiger partial charge in [-0.25, -0.2) is 4.98 Å². The van der Waals surface area contributed by atoms with Crippen LogP contribution in [0.15, 0.2) is 15.9 Å². The molecule has 0 spiro atoms. The number of thiazole rings is 1. The summed E-state index contributed by atoms with van der Waals surface area (Å²) in [6.07, 6.45) is 3.90. The molecule has 0 saturated carbocycles. The summed E-state index contributed by atoms with van der Waals surface area (Å²) >= 11 is 1.49. The highest BCUT2D eigenvalue weighted by molar-refractivity contribution is 7.87. The first-order valence-corrected chi connectivity index (χ1v) is 6.48. The predicted octanol–water partition coefficient (Wildman–Crippen LogP) is 1.00. The van der Waals surface area contributed by atoms with Crippen LogP contribution in [-0.2, 0) is 10.8 Å². The van der Waals surface area contributed by atoms with E-state index in [0.29, 0.717) is 0 Å². The molecule has 0 aromatic carbocycles. The molecule has 0 aliphatic carbocycles. The second kappa shape index (κ2) is 4.30. The Kier molecular flexibility index (Phi) is 3.08. The van der Waals surface area contributed by atoms with E-state index < -0.39 is 10.8 Å². The number of nitrogens with one attached hydrogen (secondary N) is 1. The van der Waals surface area contributed by atoms with E-state index in [-0.39, 0.29) is 5.25 Å². The third-order valence-corrected chi connectivity index (χ3v) is 4.94. The number of rotatable bonds is 2. The third-order valence-electron chi connectivity index (χ3n) is 2.14. The minimum atomic E-state index is -0.894. The molecule has 1 aromatic heterocycles. The van der Waals surface area contributed by atoms with Gasteiger partial charge < -0.3 is 5.32 Å². The van der Waals surface area contributed by atoms with Crippen molar-refractivity contribution in [3.05, 3.63) is 11.6 Å². The fourth-order valence-electron chi connectivity index (χ4n) is 1.45. The average Bonchev–Trinajstić information content (AvgIpc) is 2.71. The molecule has 0 bridgehead atoms. The van der Waals surface area contributed by atoms with E-state index >= 15 is 0 Å². The second-order valence-electron chi connectivity index (χ2n) is 3.06. The molecule has 1 aliphatic rings. The molecule has 1 fully saturated rings. The van der Waals surface area contributed by atoms with E-state index in [9.17, 15) is 4.21 Å². The minimum absolute atomic E-state index is 0.264. The Balaban J connectivity index is 2.04. The lowest BCUT2D eigenvalue weighted by Crippen LogP contribution is -2.36. The molecule has 1 N–H and O–H groups in total. The van der Waals surface area contributed by atoms with Crippen molar-refractivity contribution >= 4 is 22.1 Å². The van der Waals surface area contributed by atoms with Crippen LogP contribution >= 0.6 is 11.3 Å². The van der Waals surface area contributed by atoms with Crippen molar-refractivity contribution in [3.63, 3.8) is 0 Å². The van der Waals surface area contributed by atoms with Crippen molar-refractivity contribution < 1.29 is 4.21 Å². The van der Waals surface area contributed by atoms with Crippen LogP contribution in [0.2, 0.25) is 0 Å². The molecule has 0 radical (unpaired) electrons. The highest BCUT2D eigenvalue weighted by atomic mass is 32.2. The van der Waals surface area contributed by atoms with Gasteiger partial charge in [0.1, 0.15) is 0 Å². The normalized spacial score (nSPS) is 25.7. The van der Waals surface area contributed by atoms with Gasteiger partial charge in [-0.1, -0.05) is 0 Å². The van der Waals surface area contributed by atoms with Crippen LogP contribution < -0.4 is 5.32 Å². The van der Waals surface area contributed by atoms with Gasteiger partial charge in [0.2, 0.25) is 0 Å². The lowest BCUT2D eigenvalue weighted by molar-refractivity contribution is 0.519. The Bertz CT molecular complexity index is 280. The van der Waals surface area contributed by atoms with E-state index in [2.05, 4.69) is 10.3 Å². The zero-order valence-corrected chi connectivity index (χ0v) is 8.87. The fourth-order valence-corrected chi connectivity index (χ4v) is 3.87. The van der Waals surface area contributed by atoms with Crippen LogP contribution in [0.3, 0.4) is 0 Å². The molecule has 1 aliphatic heterocycles. The number of aromatic nitrogens is 1. The Hall–Kier alpha value is -0.260. The van der Waals surface area contributed by atoms with Gasteiger partial charge in [-0.3, -0.25) is 4.21 Å². The maximum absolute atomic E-state index is 11.9. The summed E-state index contributed by atoms with van der Waals surface area (Å²) in [4.78, 5) is 4.08. The molecule has 1 saturated heterocycles. The van der Waals surface area contributed by atoms with Gasteiger partial charge in [0.05, 0.1) is 16.0 Å². The lowest BCUT2D eigenvalue weighted by Gasteiger charge is -2.20. The van der Waals surface area contributed by atoms with Crippen LogP contribution in [-0.4, -0.2) is 27.5 Å². The lowest BCUT2D eigenvalue weighted by atomic mass is 10.2. The van der Waals surface area contributed by atoms with Crippen molar-refractivity contribution in [1.29, 1.82) is 0 Å². The molecular weight excluding hydrogens is 204 g/mol. The largest absolute Gasteiger partial charge is 0.316 e. The minimum Gasteiger partial charge on any atom is -0.316 e. The summed E-state index contributed by atoms with van der Waals surface area (Å²) in [6, 6.07) is 0. The van der Waals surface area contributed by atoms with Gasteiger partial charge >= 0.3 is 0 Å². The van der Waals surface area contributed by atoms with Crippen LogP contribution in [0.25, 0.3) is 0 Å². The zero-order chi connectivity index (χ0) is 9.10. The van der Waals surface area contributed by atoms with Gasteiger partial charge in [0.15, 0.2) is 4.34 Å². The van der Waals surface area contributed by atoms with Crippen molar-refractivity contribution in [1.82, 2.24) is 10.3 Å². The van der Waals surface area contributed by atoms with Crippen LogP contribution in [0.1, 0.15) is 12.8 Å². The highest BCUT2D eigenvalue weighted by Gasteiger charge is 2.22. The number of hydrogen-bond donors (Lipinski definition) is 1. The van der Waals surface area contributed by atoms with E-state index in [1.165, 1.54) is 11.3 Å². The van der Waals surface area contributed by atoms with Gasteiger partial charge in [-0.15, -0.1) is 11.3 Å². The van der Waals surface area contributed by atoms with E-state index in [4.69, 9.17) is 0 Å². The number of nitrogens with zero attached hydrogens (tertiary/aromatic N) is 1. The molecule has 1 aromatic rings. The first-order chi connectivity index (χ1) is 6.38. The summed E-state index contributed by atoms with van der Waals surface area (Å²) in [7, 11) is -0.894. The second-order valence-corrected chi connectivity index (χ2v) is 5.86. The molecule has 2 rings (SSSR count). The topological polar surface area (TPSA) is 42.0 Å². The molecule has 2 heterocycles. The van der Waals surface area contributed by atoms with Crippen molar-refractivity contribution in [3.8, 4) is 0 Å². The summed E-state index contributed by atoms with van der Waals surface area (Å²) in [6.45, 7) is 1.93. The molecule has 2 atom stereocenters. The van der Waals surface area contributed by atoms with Crippen molar-refractivity contribution in [2.75, 3.05) is 13.1 Å². The highest BCUT2D eigenvalue weighted by Crippen LogP contribution is 2.18. The Morgan fingerprint density at radius 1 is 1.69 bits per heavy atom. The van der Waals surface area contributed by atoms with Crippen molar-refractivity contribution in [2.24, 2.45) is 0 Å². The SMILES string of the molecule is O=[S@](c1nccs1)[C@@H]1CCCNC1. The Morgan fingerprint density at radius 2 is 2.62 bits per heavy atom. The average molecular weight is 216 g/mol. The quantitative estimate of drug-likeness (QED) is 0.802. The maximum Gasteiger partial charge on any atom is 0.180 e. The molecule has 5 heteroatoms. The maximum atomic E-state index is 11.9. The van der Waals surface area contributed by atoms with Gasteiger partial charge in [0, 0.05) is 18.1 Å². The van der Waals surface area contributed by atoms with Gasteiger partial charge in [0.25, 0.3) is 0 Å². The van der Waals surface area contributed by atoms with Crippen LogP contribution in [0.4, 0.5) is 0 Å². The predicted molar refractivity (Wildman–Crippen MR) is 54.4 cm³/mol. The first-order valence-electron chi connectivity index (χ1n) is 4.39. The summed E-state index contributed by atoms with van der Waals surface area (Å²) in [5, 5.41) is 5.40. The summed E-state index contributed by atoms with van der Waals surface area (Å²) < 4.78 is 12.7. The Morgan fingerprint density at radius 3 is 3.23 bits per heavy atom. The Labute approximate surface area is 84.0 Å². The van der Waals surface area contributed by atoms with Gasteiger partial charge in [-0.05, 0) is 19.4 Å². The monoisotopic (exact) mass is 216 g/mol. The number of piperidine rings is 1. The van der Waals surface area contributed by atoms with Gasteiger partial charge in [-0.2, -0.15) is 0 Å². The molecule has 72 valence electrons. The number of hydrogen-bond acceptors (Lipinski definition) is 4. The first kappa shape index (κ1) is 9.30. The van der Waals surface area contributed by atoms with E-state index in [0.717, 1.165) is 30.3 Å². The zero-order valence-electron chi connectivity index (χ0n) is 7.23. The van der Waals surface area contributed by atoms with Crippen molar-refractivity contribution in [2.45, 2.75) is 22.4 Å². The standard InChI is InChI=1S/C8H12N2OS2/c11-13(8-10-4-5-12-8)7-2-1-3-9-6-7/h4-5,7,9H,1-3,6H2/t7-,13+/m1/s1. The summed E-state index contributed by atoms with van der Waals surface area (Å²) in [5.41, 5.74) is 0. The van der Waals surface area contributed by atoms with E-state index in [1.807, 2.05) is 5.38 Å². The molecule has 13 heavy (non-hydrogen) atoms. The molecule has 0 amide bonds. The smallest absolute Gasteiger partial charge is 0.180 e. The fraction of sp³-hybridized carbons (Fsp3) is 0.625. The molecule has 0 unspecified atom stereocenters.